The second-order valence-corrected chi connectivity index (χ2v) is 6.09. The first-order valence-electron chi connectivity index (χ1n) is 8.40. The summed E-state index contributed by atoms with van der Waals surface area (Å²) in [6.45, 7) is 2.78. The highest BCUT2D eigenvalue weighted by Gasteiger charge is 2.24. The normalized spacial score (nSPS) is 14.5. The van der Waals surface area contributed by atoms with Crippen molar-refractivity contribution in [1.29, 1.82) is 0 Å². The Morgan fingerprint density at radius 1 is 1.27 bits per heavy atom. The Kier molecular flexibility index (Phi) is 5.32. The van der Waals surface area contributed by atoms with E-state index in [1.807, 2.05) is 0 Å². The SMILES string of the molecule is CC#CC(=O)N1CCC(NC(=O)c2cc(-c3ccc(F)cc3)n[nH]2)CC1. The lowest BCUT2D eigenvalue weighted by Gasteiger charge is -2.31. The number of halogens is 1. The monoisotopic (exact) mass is 354 g/mol. The minimum Gasteiger partial charge on any atom is -0.348 e. The van der Waals surface area contributed by atoms with E-state index in [0.29, 0.717) is 37.3 Å². The van der Waals surface area contributed by atoms with E-state index in [9.17, 15) is 14.0 Å². The van der Waals surface area contributed by atoms with Crippen LogP contribution in [0.5, 0.6) is 0 Å². The largest absolute Gasteiger partial charge is 0.348 e. The summed E-state index contributed by atoms with van der Waals surface area (Å²) in [7, 11) is 0. The fourth-order valence-corrected chi connectivity index (χ4v) is 2.88. The summed E-state index contributed by atoms with van der Waals surface area (Å²) in [4.78, 5) is 25.8. The van der Waals surface area contributed by atoms with Crippen molar-refractivity contribution in [3.8, 4) is 23.1 Å². The molecule has 1 aliphatic heterocycles. The third-order valence-corrected chi connectivity index (χ3v) is 4.31. The van der Waals surface area contributed by atoms with E-state index < -0.39 is 0 Å². The van der Waals surface area contributed by atoms with E-state index in [-0.39, 0.29) is 23.7 Å². The molecule has 1 aromatic heterocycles. The van der Waals surface area contributed by atoms with Crippen LogP contribution in [0.15, 0.2) is 30.3 Å². The van der Waals surface area contributed by atoms with Crippen LogP contribution in [0.2, 0.25) is 0 Å². The van der Waals surface area contributed by atoms with Gasteiger partial charge in [0.25, 0.3) is 11.8 Å². The molecule has 0 saturated carbocycles. The molecule has 2 aromatic rings. The quantitative estimate of drug-likeness (QED) is 0.827. The molecular formula is C19H19FN4O2. The average Bonchev–Trinajstić information content (AvgIpc) is 3.13. The van der Waals surface area contributed by atoms with Crippen LogP contribution >= 0.6 is 0 Å². The Hall–Kier alpha value is -3.14. The van der Waals surface area contributed by atoms with E-state index in [0.717, 1.165) is 5.56 Å². The molecule has 26 heavy (non-hydrogen) atoms. The van der Waals surface area contributed by atoms with Crippen molar-refractivity contribution in [2.75, 3.05) is 13.1 Å². The van der Waals surface area contributed by atoms with Gasteiger partial charge in [0.05, 0.1) is 5.69 Å². The van der Waals surface area contributed by atoms with E-state index >= 15 is 0 Å². The van der Waals surface area contributed by atoms with Gasteiger partial charge in [0.15, 0.2) is 0 Å². The summed E-state index contributed by atoms with van der Waals surface area (Å²) in [6.07, 6.45) is 1.36. The zero-order valence-corrected chi connectivity index (χ0v) is 14.4. The number of hydrogen-bond donors (Lipinski definition) is 2. The molecular weight excluding hydrogens is 335 g/mol. The van der Waals surface area contributed by atoms with Crippen molar-refractivity contribution in [1.82, 2.24) is 20.4 Å². The van der Waals surface area contributed by atoms with E-state index in [1.54, 1.807) is 30.0 Å². The molecule has 2 amide bonds. The average molecular weight is 354 g/mol. The van der Waals surface area contributed by atoms with Gasteiger partial charge in [-0.1, -0.05) is 5.92 Å². The Balaban J connectivity index is 1.57. The number of nitrogens with one attached hydrogen (secondary N) is 2. The summed E-state index contributed by atoms with van der Waals surface area (Å²) in [5.41, 5.74) is 1.65. The number of carbonyl (C=O) groups is 2. The topological polar surface area (TPSA) is 78.1 Å². The molecule has 0 radical (unpaired) electrons. The van der Waals surface area contributed by atoms with Gasteiger partial charge in [-0.25, -0.2) is 4.39 Å². The number of carbonyl (C=O) groups excluding carboxylic acids is 2. The maximum Gasteiger partial charge on any atom is 0.298 e. The minimum absolute atomic E-state index is 0.00120. The molecule has 2 N–H and O–H groups in total. The number of piperidine rings is 1. The predicted molar refractivity (Wildman–Crippen MR) is 94.5 cm³/mol. The lowest BCUT2D eigenvalue weighted by atomic mass is 10.0. The smallest absolute Gasteiger partial charge is 0.298 e. The number of benzene rings is 1. The van der Waals surface area contributed by atoms with Gasteiger partial charge in [-0.05, 0) is 56.0 Å². The lowest BCUT2D eigenvalue weighted by molar-refractivity contribution is -0.126. The zero-order valence-electron chi connectivity index (χ0n) is 14.4. The van der Waals surface area contributed by atoms with Crippen LogP contribution in [0.3, 0.4) is 0 Å². The predicted octanol–water partition coefficient (Wildman–Crippen LogP) is 1.96. The molecule has 0 aliphatic carbocycles. The fourth-order valence-electron chi connectivity index (χ4n) is 2.88. The third-order valence-electron chi connectivity index (χ3n) is 4.31. The molecule has 0 spiro atoms. The van der Waals surface area contributed by atoms with Crippen LogP contribution in [0.4, 0.5) is 4.39 Å². The van der Waals surface area contributed by atoms with Crippen molar-refractivity contribution >= 4 is 11.8 Å². The first-order valence-corrected chi connectivity index (χ1v) is 8.40. The van der Waals surface area contributed by atoms with Gasteiger partial charge in [-0.3, -0.25) is 14.7 Å². The number of amides is 2. The van der Waals surface area contributed by atoms with Crippen LogP contribution in [-0.2, 0) is 4.79 Å². The van der Waals surface area contributed by atoms with E-state index in [1.165, 1.54) is 12.1 Å². The first-order chi connectivity index (χ1) is 12.6. The third kappa shape index (κ3) is 4.09. The van der Waals surface area contributed by atoms with Gasteiger partial charge < -0.3 is 10.2 Å². The summed E-state index contributed by atoms with van der Waals surface area (Å²) in [5, 5.41) is 9.78. The minimum atomic E-state index is -0.322. The van der Waals surface area contributed by atoms with Crippen molar-refractivity contribution < 1.29 is 14.0 Å². The van der Waals surface area contributed by atoms with Crippen molar-refractivity contribution in [3.63, 3.8) is 0 Å². The summed E-state index contributed by atoms with van der Waals surface area (Å²) < 4.78 is 13.0. The highest BCUT2D eigenvalue weighted by atomic mass is 19.1. The standard InChI is InChI=1S/C19H19FN4O2/c1-2-3-18(25)24-10-8-15(9-11-24)21-19(26)17-12-16(22-23-17)13-4-6-14(20)7-5-13/h4-7,12,15H,8-11H2,1H3,(H,21,26)(H,22,23). The highest BCUT2D eigenvalue weighted by Crippen LogP contribution is 2.18. The number of hydrogen-bond acceptors (Lipinski definition) is 3. The van der Waals surface area contributed by atoms with Gasteiger partial charge in [-0.15, -0.1) is 0 Å². The number of nitrogens with zero attached hydrogens (tertiary/aromatic N) is 2. The number of likely N-dealkylation sites (tertiary alicyclic amines) is 1. The molecule has 134 valence electrons. The van der Waals surface area contributed by atoms with Crippen molar-refractivity contribution in [2.45, 2.75) is 25.8 Å². The molecule has 1 aromatic carbocycles. The maximum atomic E-state index is 13.0. The second kappa shape index (κ2) is 7.83. The molecule has 3 rings (SSSR count). The number of aromatic nitrogens is 2. The van der Waals surface area contributed by atoms with Crippen LogP contribution in [0.1, 0.15) is 30.3 Å². The number of rotatable bonds is 3. The van der Waals surface area contributed by atoms with E-state index in [2.05, 4.69) is 27.4 Å². The molecule has 1 saturated heterocycles. The summed E-state index contributed by atoms with van der Waals surface area (Å²) in [6, 6.07) is 7.55. The second-order valence-electron chi connectivity index (χ2n) is 6.09. The van der Waals surface area contributed by atoms with Crippen LogP contribution < -0.4 is 5.32 Å². The van der Waals surface area contributed by atoms with Crippen molar-refractivity contribution in [3.05, 3.63) is 41.8 Å². The summed E-state index contributed by atoms with van der Waals surface area (Å²) in [5.74, 6) is 4.40. The van der Waals surface area contributed by atoms with Gasteiger partial charge in [0.2, 0.25) is 0 Å². The van der Waals surface area contributed by atoms with Crippen molar-refractivity contribution in [2.24, 2.45) is 0 Å². The lowest BCUT2D eigenvalue weighted by Crippen LogP contribution is -2.46. The molecule has 0 unspecified atom stereocenters. The maximum absolute atomic E-state index is 13.0. The van der Waals surface area contributed by atoms with Gasteiger partial charge >= 0.3 is 0 Å². The molecule has 6 nitrogen and oxygen atoms in total. The van der Waals surface area contributed by atoms with Gasteiger partial charge in [0.1, 0.15) is 11.5 Å². The van der Waals surface area contributed by atoms with Gasteiger partial charge in [0, 0.05) is 24.7 Å². The first kappa shape index (κ1) is 17.7. The molecule has 0 atom stereocenters. The molecule has 2 heterocycles. The summed E-state index contributed by atoms with van der Waals surface area (Å²) >= 11 is 0. The Labute approximate surface area is 150 Å². The van der Waals surface area contributed by atoms with Crippen LogP contribution in [-0.4, -0.2) is 46.0 Å². The van der Waals surface area contributed by atoms with Crippen LogP contribution in [0.25, 0.3) is 11.3 Å². The highest BCUT2D eigenvalue weighted by molar-refractivity contribution is 5.94. The molecule has 1 aliphatic rings. The fraction of sp³-hybridized carbons (Fsp3) is 0.316. The van der Waals surface area contributed by atoms with E-state index in [4.69, 9.17) is 0 Å². The number of H-pyrrole nitrogens is 1. The Bertz CT molecular complexity index is 856. The molecule has 0 bridgehead atoms. The van der Waals surface area contributed by atoms with Crippen LogP contribution in [0, 0.1) is 17.7 Å². The Morgan fingerprint density at radius 3 is 2.62 bits per heavy atom. The zero-order chi connectivity index (χ0) is 18.5. The molecule has 7 heteroatoms. The molecule has 1 fully saturated rings. The Morgan fingerprint density at radius 2 is 1.96 bits per heavy atom. The van der Waals surface area contributed by atoms with Gasteiger partial charge in [-0.2, -0.15) is 5.10 Å². The number of aromatic amines is 1.